The number of anilines is 1. The van der Waals surface area contributed by atoms with Crippen molar-refractivity contribution in [3.63, 3.8) is 0 Å². The average molecular weight is 576 g/mol. The van der Waals surface area contributed by atoms with E-state index in [4.69, 9.17) is 10.7 Å². The zero-order valence-electron chi connectivity index (χ0n) is 23.3. The summed E-state index contributed by atoms with van der Waals surface area (Å²) in [4.78, 5) is 7.04. The van der Waals surface area contributed by atoms with Crippen molar-refractivity contribution in [2.45, 2.75) is 18.9 Å². The molecule has 0 atom stereocenters. The summed E-state index contributed by atoms with van der Waals surface area (Å²) >= 11 is 0. The van der Waals surface area contributed by atoms with Crippen molar-refractivity contribution < 1.29 is 13.9 Å². The molecule has 0 spiro atoms. The molecule has 0 bridgehead atoms. The summed E-state index contributed by atoms with van der Waals surface area (Å²) in [6.45, 7) is 1.25. The SMILES string of the molecule is Cn1cc2cc(-n3cc(-c4cccc(C#N)c4O)c4c(N5CCC(N)CC5)c(-c5cc(F)cc(F)c5)cnc43)ccc2n1. The van der Waals surface area contributed by atoms with E-state index in [1.54, 1.807) is 29.1 Å². The van der Waals surface area contributed by atoms with Gasteiger partial charge in [0.15, 0.2) is 0 Å². The van der Waals surface area contributed by atoms with Crippen LogP contribution < -0.4 is 10.6 Å². The molecule has 0 saturated carbocycles. The molecule has 8 nitrogen and oxygen atoms in total. The van der Waals surface area contributed by atoms with Crippen LogP contribution in [0.4, 0.5) is 14.5 Å². The maximum absolute atomic E-state index is 14.5. The number of hydrogen-bond donors (Lipinski definition) is 2. The number of fused-ring (bicyclic) bond motifs is 2. The number of nitriles is 1. The number of phenolic OH excluding ortho intramolecular Hbond substituents is 1. The third kappa shape index (κ3) is 4.54. The zero-order chi connectivity index (χ0) is 29.8. The Morgan fingerprint density at radius 1 is 0.977 bits per heavy atom. The van der Waals surface area contributed by atoms with Crippen LogP contribution in [0.1, 0.15) is 18.4 Å². The number of nitrogens with two attached hydrogens (primary N) is 1. The number of para-hydroxylation sites is 1. The smallest absolute Gasteiger partial charge is 0.147 e. The van der Waals surface area contributed by atoms with Gasteiger partial charge in [-0.2, -0.15) is 10.4 Å². The Bertz CT molecular complexity index is 2060. The van der Waals surface area contributed by atoms with Crippen LogP contribution in [0.15, 0.2) is 73.2 Å². The van der Waals surface area contributed by atoms with E-state index in [1.165, 1.54) is 12.1 Å². The molecule has 3 aromatic heterocycles. The van der Waals surface area contributed by atoms with Crippen LogP contribution in [0.5, 0.6) is 5.75 Å². The summed E-state index contributed by atoms with van der Waals surface area (Å²) in [5.41, 5.74) is 11.4. The molecule has 3 aromatic carbocycles. The van der Waals surface area contributed by atoms with Crippen LogP contribution in [0.2, 0.25) is 0 Å². The second kappa shape index (κ2) is 10.2. The van der Waals surface area contributed by atoms with Crippen molar-refractivity contribution >= 4 is 27.6 Å². The maximum atomic E-state index is 14.5. The Labute approximate surface area is 245 Å². The molecular formula is C33H27F2N7O. The molecule has 43 heavy (non-hydrogen) atoms. The number of pyridine rings is 1. The van der Waals surface area contributed by atoms with Crippen LogP contribution in [0.3, 0.4) is 0 Å². The Kier molecular flexibility index (Phi) is 6.33. The zero-order valence-corrected chi connectivity index (χ0v) is 23.3. The molecule has 0 amide bonds. The normalized spacial score (nSPS) is 14.1. The molecule has 1 aliphatic heterocycles. The lowest BCUT2D eigenvalue weighted by atomic mass is 9.95. The highest BCUT2D eigenvalue weighted by atomic mass is 19.1. The maximum Gasteiger partial charge on any atom is 0.147 e. The van der Waals surface area contributed by atoms with E-state index in [0.29, 0.717) is 46.4 Å². The lowest BCUT2D eigenvalue weighted by Gasteiger charge is -2.34. The third-order valence-electron chi connectivity index (χ3n) is 8.14. The summed E-state index contributed by atoms with van der Waals surface area (Å²) in [7, 11) is 1.86. The third-order valence-corrected chi connectivity index (χ3v) is 8.14. The average Bonchev–Trinajstić information content (AvgIpc) is 3.56. The molecule has 3 N–H and O–H groups in total. The molecule has 214 valence electrons. The van der Waals surface area contributed by atoms with Gasteiger partial charge in [0.1, 0.15) is 29.1 Å². The van der Waals surface area contributed by atoms with E-state index in [2.05, 4.69) is 16.1 Å². The van der Waals surface area contributed by atoms with Crippen molar-refractivity contribution in [1.82, 2.24) is 19.3 Å². The van der Waals surface area contributed by atoms with Crippen LogP contribution in [-0.2, 0) is 7.05 Å². The number of rotatable bonds is 4. The van der Waals surface area contributed by atoms with Crippen molar-refractivity contribution in [1.29, 1.82) is 5.26 Å². The predicted octanol–water partition coefficient (Wildman–Crippen LogP) is 6.03. The van der Waals surface area contributed by atoms with E-state index in [0.717, 1.165) is 41.2 Å². The first-order chi connectivity index (χ1) is 20.8. The minimum absolute atomic E-state index is 0.0512. The topological polar surface area (TPSA) is 109 Å². The number of aromatic nitrogens is 4. The van der Waals surface area contributed by atoms with Gasteiger partial charge < -0.3 is 20.3 Å². The first-order valence-electron chi connectivity index (χ1n) is 14.0. The number of aryl methyl sites for hydroxylation is 1. The van der Waals surface area contributed by atoms with Gasteiger partial charge in [-0.25, -0.2) is 13.8 Å². The second-order valence-corrected chi connectivity index (χ2v) is 11.0. The predicted molar refractivity (Wildman–Crippen MR) is 162 cm³/mol. The quantitative estimate of drug-likeness (QED) is 0.266. The molecule has 1 saturated heterocycles. The number of piperidine rings is 1. The minimum atomic E-state index is -0.691. The largest absolute Gasteiger partial charge is 0.506 e. The monoisotopic (exact) mass is 575 g/mol. The molecule has 1 fully saturated rings. The van der Waals surface area contributed by atoms with Gasteiger partial charge in [0.2, 0.25) is 0 Å². The van der Waals surface area contributed by atoms with Gasteiger partial charge in [-0.1, -0.05) is 12.1 Å². The number of phenols is 1. The molecule has 7 rings (SSSR count). The lowest BCUT2D eigenvalue weighted by molar-refractivity contribution is 0.475. The second-order valence-electron chi connectivity index (χ2n) is 11.0. The van der Waals surface area contributed by atoms with Crippen LogP contribution in [0.25, 0.3) is 49.9 Å². The van der Waals surface area contributed by atoms with Gasteiger partial charge in [-0.05, 0) is 54.8 Å². The molecule has 0 unspecified atom stereocenters. The highest BCUT2D eigenvalue weighted by molar-refractivity contribution is 6.09. The van der Waals surface area contributed by atoms with E-state index in [-0.39, 0.29) is 17.4 Å². The van der Waals surface area contributed by atoms with Gasteiger partial charge in [0.25, 0.3) is 0 Å². The highest BCUT2D eigenvalue weighted by Crippen LogP contribution is 2.46. The fourth-order valence-electron chi connectivity index (χ4n) is 6.09. The van der Waals surface area contributed by atoms with Crippen LogP contribution in [0, 0.1) is 23.0 Å². The Morgan fingerprint density at radius 2 is 1.74 bits per heavy atom. The fourth-order valence-corrected chi connectivity index (χ4v) is 6.09. The Morgan fingerprint density at radius 3 is 2.49 bits per heavy atom. The number of halogens is 2. The first-order valence-corrected chi connectivity index (χ1v) is 14.0. The number of hydrogen-bond acceptors (Lipinski definition) is 6. The van der Waals surface area contributed by atoms with Crippen molar-refractivity contribution in [2.75, 3.05) is 18.0 Å². The van der Waals surface area contributed by atoms with Crippen LogP contribution >= 0.6 is 0 Å². The summed E-state index contributed by atoms with van der Waals surface area (Å²) in [5, 5.41) is 27.0. The molecule has 6 aromatic rings. The highest BCUT2D eigenvalue weighted by Gasteiger charge is 2.28. The van der Waals surface area contributed by atoms with Gasteiger partial charge in [0.05, 0.1) is 22.2 Å². The fraction of sp³-hybridized carbons (Fsp3) is 0.182. The standard InChI is InChI=1S/C33H27F2N7O/c1-40-17-21-13-25(5-6-29(21)39-40)42-18-28(26-4-2-3-19(15-36)32(26)43)30-31(41-9-7-24(37)8-10-41)27(16-38-33(30)42)20-11-22(34)14-23(35)12-20/h2-6,11-14,16-18,24,43H,7-10,37H2,1H3. The molecule has 0 radical (unpaired) electrons. The number of nitrogens with zero attached hydrogens (tertiary/aromatic N) is 6. The number of aromatic hydroxyl groups is 1. The summed E-state index contributed by atoms with van der Waals surface area (Å²) in [5.74, 6) is -1.53. The van der Waals surface area contributed by atoms with Crippen LogP contribution in [-0.4, -0.2) is 43.6 Å². The first kappa shape index (κ1) is 26.6. The molecule has 0 aliphatic carbocycles. The molecular weight excluding hydrogens is 548 g/mol. The van der Waals surface area contributed by atoms with Crippen molar-refractivity contribution in [2.24, 2.45) is 12.8 Å². The van der Waals surface area contributed by atoms with Gasteiger partial charge in [-0.3, -0.25) is 4.68 Å². The lowest BCUT2D eigenvalue weighted by Crippen LogP contribution is -2.40. The van der Waals surface area contributed by atoms with Crippen molar-refractivity contribution in [3.05, 3.63) is 90.4 Å². The van der Waals surface area contributed by atoms with E-state index in [9.17, 15) is 19.1 Å². The number of benzene rings is 3. The van der Waals surface area contributed by atoms with Crippen molar-refractivity contribution in [3.8, 4) is 39.8 Å². The van der Waals surface area contributed by atoms with Gasteiger partial charge in [-0.15, -0.1) is 0 Å². The molecule has 4 heterocycles. The van der Waals surface area contributed by atoms with Gasteiger partial charge >= 0.3 is 0 Å². The van der Waals surface area contributed by atoms with E-state index < -0.39 is 11.6 Å². The summed E-state index contributed by atoms with van der Waals surface area (Å²) in [6, 6.07) is 16.5. The summed E-state index contributed by atoms with van der Waals surface area (Å²) in [6.07, 6.45) is 6.95. The van der Waals surface area contributed by atoms with E-state index >= 15 is 0 Å². The Balaban J connectivity index is 1.58. The minimum Gasteiger partial charge on any atom is -0.506 e. The van der Waals surface area contributed by atoms with Gasteiger partial charge in [0, 0.05) is 78.6 Å². The molecule has 10 heteroatoms. The molecule has 1 aliphatic rings. The summed E-state index contributed by atoms with van der Waals surface area (Å²) < 4.78 is 32.7. The Hall–Kier alpha value is -5.27. The van der Waals surface area contributed by atoms with E-state index in [1.807, 2.05) is 42.2 Å².